The second-order valence-corrected chi connectivity index (χ2v) is 23.8. The summed E-state index contributed by atoms with van der Waals surface area (Å²) in [6.45, 7) is 14.5. The fraction of sp³-hybridized carbons (Fsp3) is 0.409. The highest BCUT2D eigenvalue weighted by Crippen LogP contribution is 2.45. The second-order valence-electron chi connectivity index (χ2n) is 23.8. The molecule has 0 bridgehead atoms. The van der Waals surface area contributed by atoms with Gasteiger partial charge in [0, 0.05) is 93.8 Å². The Labute approximate surface area is 544 Å². The second kappa shape index (κ2) is 28.3. The first-order chi connectivity index (χ1) is 45.8. The quantitative estimate of drug-likeness (QED) is 0.0480. The van der Waals surface area contributed by atoms with E-state index in [0.717, 1.165) is 18.2 Å². The smallest absolute Gasteiger partial charge is 0.274 e. The third-order valence-electron chi connectivity index (χ3n) is 18.2. The highest BCUT2D eigenvalue weighted by molar-refractivity contribution is 6.03. The van der Waals surface area contributed by atoms with Crippen molar-refractivity contribution in [2.75, 3.05) is 58.9 Å². The summed E-state index contributed by atoms with van der Waals surface area (Å²) in [5, 5.41) is 49.1. The Morgan fingerprint density at radius 2 is 0.667 bits per heavy atom. The van der Waals surface area contributed by atoms with Crippen molar-refractivity contribution in [3.05, 3.63) is 188 Å². The summed E-state index contributed by atoms with van der Waals surface area (Å²) >= 11 is 0. The molecule has 30 heteroatoms. The van der Waals surface area contributed by atoms with Crippen molar-refractivity contribution in [3.8, 4) is 17.2 Å². The number of aromatic nitrogens is 3. The highest BCUT2D eigenvalue weighted by atomic mass is 19.2. The van der Waals surface area contributed by atoms with Gasteiger partial charge in [0.15, 0.2) is 34.3 Å². The molecular weight excluding hydrogens is 1270 g/mol. The summed E-state index contributed by atoms with van der Waals surface area (Å²) in [5.41, 5.74) is -2.81. The van der Waals surface area contributed by atoms with E-state index in [-0.39, 0.29) is 106 Å². The van der Waals surface area contributed by atoms with Gasteiger partial charge in [0.05, 0.1) is 53.3 Å². The zero-order valence-corrected chi connectivity index (χ0v) is 53.2. The molecule has 510 valence electrons. The summed E-state index contributed by atoms with van der Waals surface area (Å²) < 4.78 is 86.1. The van der Waals surface area contributed by atoms with Gasteiger partial charge in [-0.1, -0.05) is 39.0 Å². The van der Waals surface area contributed by atoms with Crippen molar-refractivity contribution in [2.45, 2.75) is 117 Å². The summed E-state index contributed by atoms with van der Waals surface area (Å²) in [7, 11) is 0. The molecule has 6 aliphatic heterocycles. The zero-order chi connectivity index (χ0) is 69.5. The van der Waals surface area contributed by atoms with Gasteiger partial charge in [0.2, 0.25) is 16.3 Å². The van der Waals surface area contributed by atoms with Crippen LogP contribution in [0.1, 0.15) is 193 Å². The molecule has 6 aliphatic rings. The zero-order valence-electron chi connectivity index (χ0n) is 53.2. The van der Waals surface area contributed by atoms with Gasteiger partial charge in [-0.2, -0.15) is 0 Å². The third-order valence-corrected chi connectivity index (χ3v) is 18.2. The number of nitrogens with zero attached hydrogens (tertiary/aromatic N) is 6. The SMILES string of the molecule is CCN[C@@H]1C[C@@H]2CN(CC)C(=O)c3c(O)c(=O)c(C(=O)NCc4ccc(F)cc4F)c1n32.CCN[C@@H]1C[C@H]2CN(CC)C(=O)c3c(O)c(=O)c(C(=O)NCc4ccc(F)cc4F)c1n32.CCN[C@H]1C[C@@H]2CN(CC)C(=O)c3c(O)c(=O)c(C(=O)NCc4ccc(F)cc4F)c1n32. The normalized spacial score (nSPS) is 19.2. The number of nitrogens with one attached hydrogen (secondary N) is 6. The van der Waals surface area contributed by atoms with Crippen LogP contribution < -0.4 is 48.2 Å². The van der Waals surface area contributed by atoms with Crippen molar-refractivity contribution in [1.82, 2.24) is 60.3 Å². The predicted molar refractivity (Wildman–Crippen MR) is 335 cm³/mol. The van der Waals surface area contributed by atoms with Crippen LogP contribution in [0.2, 0.25) is 0 Å². The molecular formula is C66H72F6N12O12. The Hall–Kier alpha value is -9.81. The third kappa shape index (κ3) is 12.6. The van der Waals surface area contributed by atoms with Gasteiger partial charge < -0.3 is 75.6 Å². The summed E-state index contributed by atoms with van der Waals surface area (Å²) in [6, 6.07) is 7.23. The standard InChI is InChI=1S/3C22H24F2N4O4/c3*1-3-25-15-8-13-10-27(4-2)22(32)18-20(30)19(29)16(17(15)28(13)18)21(31)26-9-11-5-6-12(23)7-14(11)24/h3*5-7,13,15,25,30H,3-4,8-10H2,1-2H3,(H,26,31)/t2*13-,15+;13-,15-/m101/s1. The van der Waals surface area contributed by atoms with Crippen LogP contribution in [0.3, 0.4) is 0 Å². The lowest BCUT2D eigenvalue weighted by atomic mass is 10.0. The van der Waals surface area contributed by atoms with E-state index in [9.17, 15) is 84.8 Å². The van der Waals surface area contributed by atoms with Crippen LogP contribution >= 0.6 is 0 Å². The molecule has 3 aromatic heterocycles. The minimum atomic E-state index is -0.946. The van der Waals surface area contributed by atoms with Crippen LogP contribution in [-0.4, -0.2) is 138 Å². The van der Waals surface area contributed by atoms with Gasteiger partial charge in [0.25, 0.3) is 35.4 Å². The predicted octanol–water partition coefficient (Wildman–Crippen LogP) is 5.50. The van der Waals surface area contributed by atoms with Crippen molar-refractivity contribution in [2.24, 2.45) is 0 Å². The van der Waals surface area contributed by atoms with Gasteiger partial charge in [-0.05, 0) is 77.9 Å². The van der Waals surface area contributed by atoms with E-state index >= 15 is 0 Å². The Kier molecular flexibility index (Phi) is 20.3. The summed E-state index contributed by atoms with van der Waals surface area (Å²) in [4.78, 5) is 122. The number of carbonyl (C=O) groups excluding carboxylic acids is 6. The number of pyridine rings is 3. The molecule has 0 unspecified atom stereocenters. The molecule has 0 radical (unpaired) electrons. The monoisotopic (exact) mass is 1340 g/mol. The lowest BCUT2D eigenvalue weighted by Crippen LogP contribution is -2.44. The average molecular weight is 1340 g/mol. The fourth-order valence-electron chi connectivity index (χ4n) is 13.8. The Bertz CT molecular complexity index is 3920. The average Bonchev–Trinajstić information content (AvgIpc) is 1.54. The molecule has 9 N–H and O–H groups in total. The van der Waals surface area contributed by atoms with Gasteiger partial charge in [0.1, 0.15) is 51.6 Å². The van der Waals surface area contributed by atoms with E-state index in [1.807, 2.05) is 41.5 Å². The number of halogens is 6. The molecule has 0 aliphatic carbocycles. The molecule has 6 amide bonds. The highest BCUT2D eigenvalue weighted by Gasteiger charge is 2.48. The van der Waals surface area contributed by atoms with E-state index in [1.54, 1.807) is 28.4 Å². The molecule has 0 saturated carbocycles. The first-order valence-corrected chi connectivity index (χ1v) is 31.6. The van der Waals surface area contributed by atoms with Crippen LogP contribution in [0.15, 0.2) is 69.0 Å². The fourth-order valence-corrected chi connectivity index (χ4v) is 13.8. The van der Waals surface area contributed by atoms with E-state index in [2.05, 4.69) is 31.9 Å². The van der Waals surface area contributed by atoms with E-state index in [4.69, 9.17) is 0 Å². The largest absolute Gasteiger partial charge is 0.503 e. The maximum absolute atomic E-state index is 14.0. The summed E-state index contributed by atoms with van der Waals surface area (Å²) in [5.74, 6) is -10.8. The van der Waals surface area contributed by atoms with Crippen molar-refractivity contribution >= 4 is 35.4 Å². The molecule has 0 fully saturated rings. The number of hydrogen-bond acceptors (Lipinski definition) is 15. The van der Waals surface area contributed by atoms with Crippen molar-refractivity contribution in [1.29, 1.82) is 0 Å². The Morgan fingerprint density at radius 3 is 0.885 bits per heavy atom. The number of carbonyl (C=O) groups is 6. The molecule has 0 saturated heterocycles. The lowest BCUT2D eigenvalue weighted by Gasteiger charge is -2.33. The van der Waals surface area contributed by atoms with Gasteiger partial charge in [-0.3, -0.25) is 43.2 Å². The Balaban J connectivity index is 0.000000157. The first-order valence-electron chi connectivity index (χ1n) is 31.6. The number of likely N-dealkylation sites (N-methyl/N-ethyl adjacent to an activating group) is 3. The number of aromatic hydroxyl groups is 3. The maximum atomic E-state index is 14.0. The van der Waals surface area contributed by atoms with E-state index in [0.29, 0.717) is 113 Å². The molecule has 12 rings (SSSR count). The number of amides is 6. The molecule has 0 spiro atoms. The number of hydrogen-bond donors (Lipinski definition) is 9. The molecule has 9 heterocycles. The van der Waals surface area contributed by atoms with Gasteiger partial charge in [-0.25, -0.2) is 26.3 Å². The molecule has 6 atom stereocenters. The van der Waals surface area contributed by atoms with E-state index in [1.165, 1.54) is 18.2 Å². The minimum Gasteiger partial charge on any atom is -0.503 e. The topological polar surface area (TPSA) is 311 Å². The minimum absolute atomic E-state index is 0.0494. The van der Waals surface area contributed by atoms with Crippen LogP contribution in [0.5, 0.6) is 17.2 Å². The van der Waals surface area contributed by atoms with Gasteiger partial charge >= 0.3 is 0 Å². The lowest BCUT2D eigenvalue weighted by molar-refractivity contribution is 0.0668. The molecule has 6 aromatic rings. The summed E-state index contributed by atoms with van der Waals surface area (Å²) in [6.07, 6.45) is 1.63. The van der Waals surface area contributed by atoms with Crippen LogP contribution in [0.25, 0.3) is 0 Å². The molecule has 24 nitrogen and oxygen atoms in total. The van der Waals surface area contributed by atoms with Gasteiger partial charge in [-0.15, -0.1) is 0 Å². The maximum Gasteiger partial charge on any atom is 0.274 e. The van der Waals surface area contributed by atoms with Crippen molar-refractivity contribution in [3.63, 3.8) is 0 Å². The van der Waals surface area contributed by atoms with Crippen LogP contribution in [-0.2, 0) is 19.6 Å². The van der Waals surface area contributed by atoms with Crippen molar-refractivity contribution < 1.29 is 70.4 Å². The van der Waals surface area contributed by atoms with Crippen LogP contribution in [0.4, 0.5) is 26.3 Å². The first kappa shape index (κ1) is 69.0. The van der Waals surface area contributed by atoms with E-state index < -0.39 is 104 Å². The molecule has 96 heavy (non-hydrogen) atoms. The molecule has 3 aromatic carbocycles. The number of rotatable bonds is 18. The number of benzene rings is 3. The van der Waals surface area contributed by atoms with Crippen LogP contribution in [0, 0.1) is 34.9 Å². The Morgan fingerprint density at radius 1 is 0.417 bits per heavy atom.